The summed E-state index contributed by atoms with van der Waals surface area (Å²) >= 11 is 1.47. The van der Waals surface area contributed by atoms with Crippen LogP contribution in [0.25, 0.3) is 0 Å². The van der Waals surface area contributed by atoms with Gasteiger partial charge in [-0.25, -0.2) is 4.79 Å². The molecule has 1 aromatic rings. The number of rotatable bonds is 6. The molecule has 17 heavy (non-hydrogen) atoms. The highest BCUT2D eigenvalue weighted by atomic mass is 32.1. The third kappa shape index (κ3) is 6.23. The van der Waals surface area contributed by atoms with Crippen LogP contribution >= 0.6 is 11.3 Å². The molecule has 1 rings (SSSR count). The van der Waals surface area contributed by atoms with Crippen molar-refractivity contribution in [1.29, 1.82) is 0 Å². The zero-order valence-electron chi connectivity index (χ0n) is 10.2. The molecule has 0 aliphatic carbocycles. The minimum atomic E-state index is -0.393. The Hall–Kier alpha value is -1.14. The quantitative estimate of drug-likeness (QED) is 0.815. The van der Waals surface area contributed by atoms with Crippen molar-refractivity contribution < 1.29 is 9.53 Å². The molecule has 3 N–H and O–H groups in total. The van der Waals surface area contributed by atoms with Crippen molar-refractivity contribution in [2.24, 2.45) is 5.73 Å². The van der Waals surface area contributed by atoms with E-state index in [4.69, 9.17) is 10.5 Å². The standard InChI is InChI=1S/C11H19N3O2S/c1-8(12)3-4-9(2)14-11(15)16-6-10-5-13-7-17-10/h5,7-9H,3-4,6,12H2,1-2H3,(H,14,15). The molecule has 1 aromatic heterocycles. The Bertz CT molecular complexity index is 327. The molecule has 5 nitrogen and oxygen atoms in total. The molecule has 0 aromatic carbocycles. The Morgan fingerprint density at radius 1 is 1.59 bits per heavy atom. The molecule has 0 saturated carbocycles. The van der Waals surface area contributed by atoms with Crippen molar-refractivity contribution in [2.45, 2.75) is 45.4 Å². The van der Waals surface area contributed by atoms with Gasteiger partial charge in [-0.15, -0.1) is 11.3 Å². The number of hydrogen-bond acceptors (Lipinski definition) is 5. The second-order valence-electron chi connectivity index (χ2n) is 4.14. The molecular weight excluding hydrogens is 238 g/mol. The van der Waals surface area contributed by atoms with Gasteiger partial charge in [0, 0.05) is 18.3 Å². The SMILES string of the molecule is CC(N)CCC(C)NC(=O)OCc1cncs1. The number of ether oxygens (including phenoxy) is 1. The van der Waals surface area contributed by atoms with Crippen molar-refractivity contribution in [3.63, 3.8) is 0 Å². The molecule has 1 amide bonds. The first-order valence-electron chi connectivity index (χ1n) is 5.64. The number of aromatic nitrogens is 1. The number of alkyl carbamates (subject to hydrolysis) is 1. The number of carbonyl (C=O) groups excluding carboxylic acids is 1. The zero-order chi connectivity index (χ0) is 12.7. The van der Waals surface area contributed by atoms with Gasteiger partial charge in [0.05, 0.1) is 10.4 Å². The maximum atomic E-state index is 11.4. The summed E-state index contributed by atoms with van der Waals surface area (Å²) in [6.07, 6.45) is 3.04. The lowest BCUT2D eigenvalue weighted by Gasteiger charge is -2.14. The minimum Gasteiger partial charge on any atom is -0.444 e. The fraction of sp³-hybridized carbons (Fsp3) is 0.636. The summed E-state index contributed by atoms with van der Waals surface area (Å²) < 4.78 is 5.05. The molecule has 0 bridgehead atoms. The molecule has 0 spiro atoms. The smallest absolute Gasteiger partial charge is 0.407 e. The van der Waals surface area contributed by atoms with E-state index in [0.717, 1.165) is 17.7 Å². The van der Waals surface area contributed by atoms with Crippen LogP contribution in [0.3, 0.4) is 0 Å². The summed E-state index contributed by atoms with van der Waals surface area (Å²) in [5.74, 6) is 0. The Kier molecular flexibility index (Phi) is 5.93. The van der Waals surface area contributed by atoms with Crippen LogP contribution in [0, 0.1) is 0 Å². The average molecular weight is 257 g/mol. The molecule has 0 radical (unpaired) electrons. The topological polar surface area (TPSA) is 77.2 Å². The number of nitrogens with zero attached hydrogens (tertiary/aromatic N) is 1. The Morgan fingerprint density at radius 3 is 2.94 bits per heavy atom. The summed E-state index contributed by atoms with van der Waals surface area (Å²) in [5, 5.41) is 2.77. The lowest BCUT2D eigenvalue weighted by atomic mass is 10.1. The van der Waals surface area contributed by atoms with Gasteiger partial charge in [0.15, 0.2) is 0 Å². The largest absolute Gasteiger partial charge is 0.444 e. The molecule has 1 heterocycles. The second-order valence-corrected chi connectivity index (χ2v) is 5.11. The van der Waals surface area contributed by atoms with Crippen molar-refractivity contribution >= 4 is 17.4 Å². The third-order valence-electron chi connectivity index (χ3n) is 2.25. The van der Waals surface area contributed by atoms with E-state index in [1.807, 2.05) is 13.8 Å². The molecule has 6 heteroatoms. The van der Waals surface area contributed by atoms with E-state index in [-0.39, 0.29) is 18.7 Å². The van der Waals surface area contributed by atoms with Crippen LogP contribution < -0.4 is 11.1 Å². The first-order valence-corrected chi connectivity index (χ1v) is 6.52. The zero-order valence-corrected chi connectivity index (χ0v) is 11.0. The van der Waals surface area contributed by atoms with E-state index < -0.39 is 6.09 Å². The molecule has 0 aliphatic heterocycles. The van der Waals surface area contributed by atoms with Crippen molar-refractivity contribution in [1.82, 2.24) is 10.3 Å². The highest BCUT2D eigenvalue weighted by Crippen LogP contribution is 2.07. The van der Waals surface area contributed by atoms with Gasteiger partial charge in [-0.3, -0.25) is 4.98 Å². The molecule has 0 fully saturated rings. The van der Waals surface area contributed by atoms with Gasteiger partial charge < -0.3 is 15.8 Å². The number of nitrogens with two attached hydrogens (primary N) is 1. The van der Waals surface area contributed by atoms with Gasteiger partial charge in [0.1, 0.15) is 6.61 Å². The third-order valence-corrected chi connectivity index (χ3v) is 3.00. The molecule has 0 saturated heterocycles. The van der Waals surface area contributed by atoms with Crippen LogP contribution in [0.5, 0.6) is 0 Å². The Morgan fingerprint density at radius 2 is 2.35 bits per heavy atom. The summed E-state index contributed by atoms with van der Waals surface area (Å²) in [7, 11) is 0. The van der Waals surface area contributed by atoms with E-state index in [9.17, 15) is 4.79 Å². The normalized spacial score (nSPS) is 14.1. The fourth-order valence-corrected chi connectivity index (χ4v) is 1.78. The van der Waals surface area contributed by atoms with E-state index in [1.54, 1.807) is 11.7 Å². The summed E-state index contributed by atoms with van der Waals surface area (Å²) in [6, 6.07) is 0.238. The summed E-state index contributed by atoms with van der Waals surface area (Å²) in [6.45, 7) is 4.17. The summed E-state index contributed by atoms with van der Waals surface area (Å²) in [4.78, 5) is 16.2. The van der Waals surface area contributed by atoms with Crippen molar-refractivity contribution in [3.8, 4) is 0 Å². The van der Waals surface area contributed by atoms with Crippen molar-refractivity contribution in [2.75, 3.05) is 0 Å². The van der Waals surface area contributed by atoms with E-state index in [0.29, 0.717) is 0 Å². The lowest BCUT2D eigenvalue weighted by molar-refractivity contribution is 0.136. The maximum absolute atomic E-state index is 11.4. The number of hydrogen-bond donors (Lipinski definition) is 2. The van der Waals surface area contributed by atoms with Gasteiger partial charge in [-0.05, 0) is 26.7 Å². The number of nitrogens with one attached hydrogen (secondary N) is 1. The van der Waals surface area contributed by atoms with Gasteiger partial charge in [0.25, 0.3) is 0 Å². The predicted molar refractivity (Wildman–Crippen MR) is 67.8 cm³/mol. The van der Waals surface area contributed by atoms with Crippen molar-refractivity contribution in [3.05, 3.63) is 16.6 Å². The van der Waals surface area contributed by atoms with Gasteiger partial charge in [-0.2, -0.15) is 0 Å². The molecule has 2 atom stereocenters. The Labute approximate surface area is 105 Å². The first-order chi connectivity index (χ1) is 8.08. The van der Waals surface area contributed by atoms with E-state index in [2.05, 4.69) is 10.3 Å². The number of thiazole rings is 1. The fourth-order valence-electron chi connectivity index (χ4n) is 1.28. The molecular formula is C11H19N3O2S. The maximum Gasteiger partial charge on any atom is 0.407 e. The molecule has 0 aliphatic rings. The lowest BCUT2D eigenvalue weighted by Crippen LogP contribution is -2.34. The highest BCUT2D eigenvalue weighted by Gasteiger charge is 2.09. The van der Waals surface area contributed by atoms with Crippen LogP contribution in [0.1, 0.15) is 31.6 Å². The monoisotopic (exact) mass is 257 g/mol. The molecule has 96 valence electrons. The van der Waals surface area contributed by atoms with Crippen LogP contribution in [0.4, 0.5) is 4.79 Å². The Balaban J connectivity index is 2.16. The minimum absolute atomic E-state index is 0.0787. The van der Waals surface area contributed by atoms with Crippen LogP contribution in [0.15, 0.2) is 11.7 Å². The van der Waals surface area contributed by atoms with Crippen LogP contribution in [-0.2, 0) is 11.3 Å². The average Bonchev–Trinajstić information content (AvgIpc) is 2.76. The van der Waals surface area contributed by atoms with E-state index >= 15 is 0 Å². The van der Waals surface area contributed by atoms with Gasteiger partial charge in [-0.1, -0.05) is 0 Å². The van der Waals surface area contributed by atoms with Crippen LogP contribution in [-0.4, -0.2) is 23.2 Å². The second kappa shape index (κ2) is 7.24. The highest BCUT2D eigenvalue weighted by molar-refractivity contribution is 7.09. The van der Waals surface area contributed by atoms with Crippen LogP contribution in [0.2, 0.25) is 0 Å². The molecule has 2 unspecified atom stereocenters. The number of carbonyl (C=O) groups is 1. The predicted octanol–water partition coefficient (Wildman–Crippen LogP) is 1.89. The van der Waals surface area contributed by atoms with Gasteiger partial charge >= 0.3 is 6.09 Å². The number of amides is 1. The summed E-state index contributed by atoms with van der Waals surface area (Å²) in [5.41, 5.74) is 7.36. The van der Waals surface area contributed by atoms with Gasteiger partial charge in [0.2, 0.25) is 0 Å². The first kappa shape index (κ1) is 13.9. The van der Waals surface area contributed by atoms with E-state index in [1.165, 1.54) is 11.3 Å².